The molecule has 1 aromatic rings. The largest absolute Gasteiger partial charge is 0.369 e. The molecule has 1 N–H and O–H groups in total. The summed E-state index contributed by atoms with van der Waals surface area (Å²) in [5, 5.41) is 12.0. The number of benzene rings is 1. The number of likely N-dealkylation sites (N-methyl/N-ethyl adjacent to an activating group) is 1. The maximum absolute atomic E-state index is 12.0. The Labute approximate surface area is 137 Å². The van der Waals surface area contributed by atoms with Crippen molar-refractivity contribution in [2.24, 2.45) is 0 Å². The molecule has 0 atom stereocenters. The first-order valence-corrected chi connectivity index (χ1v) is 8.12. The topological polar surface area (TPSA) is 59.4 Å². The number of nitriles is 1. The first-order valence-electron chi connectivity index (χ1n) is 8.12. The molecule has 1 aliphatic heterocycles. The number of amides is 1. The number of carbonyl (C=O) groups excluding carboxylic acids is 1. The van der Waals surface area contributed by atoms with Crippen LogP contribution < -0.4 is 10.2 Å². The van der Waals surface area contributed by atoms with E-state index >= 15 is 0 Å². The van der Waals surface area contributed by atoms with E-state index in [4.69, 9.17) is 0 Å². The van der Waals surface area contributed by atoms with Crippen LogP contribution in [0, 0.1) is 11.3 Å². The quantitative estimate of drug-likeness (QED) is 0.678. The van der Waals surface area contributed by atoms with Gasteiger partial charge < -0.3 is 15.1 Å². The summed E-state index contributed by atoms with van der Waals surface area (Å²) in [6, 6.07) is 10.3. The van der Waals surface area contributed by atoms with Crippen LogP contribution in [0.25, 0.3) is 6.08 Å². The number of carbonyl (C=O) groups is 1. The van der Waals surface area contributed by atoms with Crippen molar-refractivity contribution in [1.82, 2.24) is 10.2 Å². The molecule has 0 unspecified atom stereocenters. The number of anilines is 1. The Morgan fingerprint density at radius 3 is 2.43 bits per heavy atom. The van der Waals surface area contributed by atoms with Crippen LogP contribution in [0.2, 0.25) is 0 Å². The first-order chi connectivity index (χ1) is 11.2. The molecule has 1 saturated carbocycles. The van der Waals surface area contributed by atoms with Gasteiger partial charge in [-0.1, -0.05) is 12.1 Å². The number of nitrogens with one attached hydrogen (secondary N) is 1. The summed E-state index contributed by atoms with van der Waals surface area (Å²) in [6.45, 7) is 4.20. The van der Waals surface area contributed by atoms with Gasteiger partial charge in [-0.15, -0.1) is 0 Å². The van der Waals surface area contributed by atoms with Gasteiger partial charge in [-0.2, -0.15) is 5.26 Å². The Bertz CT molecular complexity index is 632. The van der Waals surface area contributed by atoms with Gasteiger partial charge >= 0.3 is 0 Å². The van der Waals surface area contributed by atoms with E-state index in [1.807, 2.05) is 18.2 Å². The lowest BCUT2D eigenvalue weighted by atomic mass is 10.1. The summed E-state index contributed by atoms with van der Waals surface area (Å²) in [7, 11) is 2.14. The second-order valence-corrected chi connectivity index (χ2v) is 6.30. The molecule has 1 heterocycles. The summed E-state index contributed by atoms with van der Waals surface area (Å²) in [5.41, 5.74) is 2.24. The van der Waals surface area contributed by atoms with Gasteiger partial charge in [-0.25, -0.2) is 0 Å². The molecule has 2 aliphatic rings. The molecule has 5 nitrogen and oxygen atoms in total. The van der Waals surface area contributed by atoms with Crippen LogP contribution in [0.5, 0.6) is 0 Å². The molecule has 1 aliphatic carbocycles. The van der Waals surface area contributed by atoms with Crippen molar-refractivity contribution in [1.29, 1.82) is 5.26 Å². The molecule has 0 radical (unpaired) electrons. The Morgan fingerprint density at radius 2 is 1.87 bits per heavy atom. The Kier molecular flexibility index (Phi) is 4.63. The highest BCUT2D eigenvalue weighted by molar-refractivity contribution is 6.02. The average Bonchev–Trinajstić information content (AvgIpc) is 3.38. The van der Waals surface area contributed by atoms with E-state index in [1.54, 1.807) is 6.08 Å². The zero-order valence-electron chi connectivity index (χ0n) is 13.5. The van der Waals surface area contributed by atoms with Gasteiger partial charge in [0.25, 0.3) is 5.91 Å². The van der Waals surface area contributed by atoms with Gasteiger partial charge in [0.2, 0.25) is 0 Å². The van der Waals surface area contributed by atoms with Gasteiger partial charge in [0.1, 0.15) is 11.6 Å². The monoisotopic (exact) mass is 310 g/mol. The minimum atomic E-state index is -0.266. The van der Waals surface area contributed by atoms with Crippen molar-refractivity contribution in [3.63, 3.8) is 0 Å². The highest BCUT2D eigenvalue weighted by Gasteiger charge is 2.24. The lowest BCUT2D eigenvalue weighted by Crippen LogP contribution is -2.44. The predicted octanol–water partition coefficient (Wildman–Crippen LogP) is 1.62. The molecular formula is C18H22N4O. The van der Waals surface area contributed by atoms with E-state index in [0.717, 1.165) is 44.6 Å². The van der Waals surface area contributed by atoms with Crippen molar-refractivity contribution < 1.29 is 4.79 Å². The lowest BCUT2D eigenvalue weighted by molar-refractivity contribution is -0.117. The van der Waals surface area contributed by atoms with E-state index in [9.17, 15) is 10.1 Å². The SMILES string of the molecule is CN1CCN(c2ccc(/C=C(\C#N)C(=O)NC3CC3)cc2)CC1. The van der Waals surface area contributed by atoms with E-state index < -0.39 is 0 Å². The molecular weight excluding hydrogens is 288 g/mol. The van der Waals surface area contributed by atoms with E-state index in [0.29, 0.717) is 0 Å². The zero-order chi connectivity index (χ0) is 16.2. The molecule has 0 spiro atoms. The fourth-order valence-corrected chi connectivity index (χ4v) is 2.65. The van der Waals surface area contributed by atoms with Gasteiger partial charge in [-0.05, 0) is 43.7 Å². The molecule has 5 heteroatoms. The molecule has 0 aromatic heterocycles. The maximum Gasteiger partial charge on any atom is 0.262 e. The van der Waals surface area contributed by atoms with Gasteiger partial charge in [0, 0.05) is 37.9 Å². The number of nitrogens with zero attached hydrogens (tertiary/aromatic N) is 3. The molecule has 1 amide bonds. The third kappa shape index (κ3) is 4.11. The summed E-state index contributed by atoms with van der Waals surface area (Å²) in [4.78, 5) is 16.6. The van der Waals surface area contributed by atoms with Crippen molar-refractivity contribution in [2.75, 3.05) is 38.1 Å². The fourth-order valence-electron chi connectivity index (χ4n) is 2.65. The zero-order valence-corrected chi connectivity index (χ0v) is 13.5. The van der Waals surface area contributed by atoms with Crippen LogP contribution in [0.4, 0.5) is 5.69 Å². The van der Waals surface area contributed by atoms with Crippen molar-refractivity contribution >= 4 is 17.7 Å². The lowest BCUT2D eigenvalue weighted by Gasteiger charge is -2.34. The summed E-state index contributed by atoms with van der Waals surface area (Å²) in [6.07, 6.45) is 3.69. The number of hydrogen-bond donors (Lipinski definition) is 1. The van der Waals surface area contributed by atoms with Crippen LogP contribution in [0.3, 0.4) is 0 Å². The Hall–Kier alpha value is -2.32. The molecule has 23 heavy (non-hydrogen) atoms. The minimum Gasteiger partial charge on any atom is -0.369 e. The molecule has 2 fully saturated rings. The Balaban J connectivity index is 1.67. The molecule has 1 aromatic carbocycles. The summed E-state index contributed by atoms with van der Waals surface area (Å²) < 4.78 is 0. The molecule has 1 saturated heterocycles. The maximum atomic E-state index is 12.0. The van der Waals surface area contributed by atoms with Crippen LogP contribution in [0.1, 0.15) is 18.4 Å². The third-order valence-electron chi connectivity index (χ3n) is 4.35. The predicted molar refractivity (Wildman–Crippen MR) is 90.9 cm³/mol. The smallest absolute Gasteiger partial charge is 0.262 e. The summed E-state index contributed by atoms with van der Waals surface area (Å²) >= 11 is 0. The standard InChI is InChI=1S/C18H22N4O/c1-21-8-10-22(11-9-21)17-6-2-14(3-7-17)12-15(13-19)18(23)20-16-4-5-16/h2-3,6-7,12,16H,4-5,8-11H2,1H3,(H,20,23)/b15-12+. The van der Waals surface area contributed by atoms with Crippen molar-refractivity contribution in [3.8, 4) is 6.07 Å². The van der Waals surface area contributed by atoms with Crippen LogP contribution in [-0.4, -0.2) is 50.1 Å². The van der Waals surface area contributed by atoms with Crippen LogP contribution >= 0.6 is 0 Å². The normalized spacial score (nSPS) is 19.3. The number of hydrogen-bond acceptors (Lipinski definition) is 4. The second-order valence-electron chi connectivity index (χ2n) is 6.30. The van der Waals surface area contributed by atoms with Gasteiger partial charge in [-0.3, -0.25) is 4.79 Å². The minimum absolute atomic E-state index is 0.171. The first kappa shape index (κ1) is 15.6. The fraction of sp³-hybridized carbons (Fsp3) is 0.444. The average molecular weight is 310 g/mol. The van der Waals surface area contributed by atoms with Gasteiger partial charge in [0.05, 0.1) is 0 Å². The highest BCUT2D eigenvalue weighted by atomic mass is 16.1. The second kappa shape index (κ2) is 6.84. The van der Waals surface area contributed by atoms with E-state index in [-0.39, 0.29) is 17.5 Å². The molecule has 120 valence electrons. The molecule has 0 bridgehead atoms. The molecule has 3 rings (SSSR count). The van der Waals surface area contributed by atoms with Gasteiger partial charge in [0.15, 0.2) is 0 Å². The van der Waals surface area contributed by atoms with E-state index in [1.165, 1.54) is 5.69 Å². The van der Waals surface area contributed by atoms with Crippen LogP contribution in [0.15, 0.2) is 29.8 Å². The summed E-state index contributed by atoms with van der Waals surface area (Å²) in [5.74, 6) is -0.266. The van der Waals surface area contributed by atoms with Crippen molar-refractivity contribution in [3.05, 3.63) is 35.4 Å². The number of rotatable bonds is 4. The van der Waals surface area contributed by atoms with Crippen molar-refractivity contribution in [2.45, 2.75) is 18.9 Å². The Morgan fingerprint density at radius 1 is 1.22 bits per heavy atom. The highest BCUT2D eigenvalue weighted by Crippen LogP contribution is 2.20. The van der Waals surface area contributed by atoms with E-state index in [2.05, 4.69) is 34.3 Å². The van der Waals surface area contributed by atoms with Crippen LogP contribution in [-0.2, 0) is 4.79 Å². The number of piperazine rings is 1. The third-order valence-corrected chi connectivity index (χ3v) is 4.35.